The van der Waals surface area contributed by atoms with E-state index in [0.717, 1.165) is 5.56 Å². The topological polar surface area (TPSA) is 59.2 Å². The van der Waals surface area contributed by atoms with Crippen molar-refractivity contribution in [2.45, 2.75) is 13.0 Å². The van der Waals surface area contributed by atoms with Gasteiger partial charge in [0.25, 0.3) is 0 Å². The summed E-state index contributed by atoms with van der Waals surface area (Å²) in [6, 6.07) is 5.78. The number of furan rings is 1. The van der Waals surface area contributed by atoms with Crippen molar-refractivity contribution in [1.82, 2.24) is 9.97 Å². The van der Waals surface area contributed by atoms with E-state index in [9.17, 15) is 9.50 Å². The third kappa shape index (κ3) is 2.20. The van der Waals surface area contributed by atoms with E-state index in [1.165, 1.54) is 18.2 Å². The zero-order valence-corrected chi connectivity index (χ0v) is 10.2. The molecule has 2 aromatic heterocycles. The average molecular weight is 258 g/mol. The number of nitrogens with zero attached hydrogens (tertiary/aromatic N) is 2. The van der Waals surface area contributed by atoms with E-state index >= 15 is 0 Å². The molecule has 0 fully saturated rings. The van der Waals surface area contributed by atoms with Crippen LogP contribution in [-0.4, -0.2) is 15.1 Å². The van der Waals surface area contributed by atoms with Gasteiger partial charge in [0.05, 0.1) is 0 Å². The van der Waals surface area contributed by atoms with Crippen LogP contribution in [0.2, 0.25) is 0 Å². The summed E-state index contributed by atoms with van der Waals surface area (Å²) >= 11 is 0. The van der Waals surface area contributed by atoms with Crippen LogP contribution < -0.4 is 0 Å². The Hall–Kier alpha value is -2.27. The van der Waals surface area contributed by atoms with Crippen molar-refractivity contribution < 1.29 is 13.9 Å². The molecule has 0 aliphatic rings. The highest BCUT2D eigenvalue weighted by Crippen LogP contribution is 2.27. The molecule has 0 spiro atoms. The number of hydrogen-bond donors (Lipinski definition) is 1. The molecule has 0 bridgehead atoms. The highest BCUT2D eigenvalue weighted by Gasteiger charge is 2.18. The van der Waals surface area contributed by atoms with Gasteiger partial charge in [-0.1, -0.05) is 0 Å². The molecule has 0 radical (unpaired) electrons. The highest BCUT2D eigenvalue weighted by molar-refractivity contribution is 5.78. The molecule has 96 valence electrons. The van der Waals surface area contributed by atoms with E-state index in [2.05, 4.69) is 9.97 Å². The predicted octanol–water partition coefficient (Wildman–Crippen LogP) is 2.75. The molecule has 0 aliphatic carbocycles. The largest absolute Gasteiger partial charge is 0.458 e. The van der Waals surface area contributed by atoms with Crippen molar-refractivity contribution in [1.29, 1.82) is 0 Å². The molecule has 0 saturated carbocycles. The summed E-state index contributed by atoms with van der Waals surface area (Å²) in [7, 11) is 0. The minimum Gasteiger partial charge on any atom is -0.458 e. The monoisotopic (exact) mass is 258 g/mol. The van der Waals surface area contributed by atoms with Crippen LogP contribution in [0, 0.1) is 12.7 Å². The van der Waals surface area contributed by atoms with Gasteiger partial charge >= 0.3 is 0 Å². The van der Waals surface area contributed by atoms with Gasteiger partial charge in [0.15, 0.2) is 11.9 Å². The fraction of sp³-hybridized carbons (Fsp3) is 0.143. The lowest BCUT2D eigenvalue weighted by Gasteiger charge is -2.05. The number of aryl methyl sites for hydroxylation is 1. The Balaban J connectivity index is 2.01. The zero-order chi connectivity index (χ0) is 13.4. The number of aliphatic hydroxyl groups is 1. The Bertz CT molecular complexity index is 722. The summed E-state index contributed by atoms with van der Waals surface area (Å²) in [4.78, 5) is 8.09. The molecule has 3 rings (SSSR count). The second-order valence-corrected chi connectivity index (χ2v) is 4.35. The number of aromatic nitrogens is 2. The molecule has 1 aromatic carbocycles. The summed E-state index contributed by atoms with van der Waals surface area (Å²) in [5, 5.41) is 10.7. The first-order chi connectivity index (χ1) is 9.13. The molecular weight excluding hydrogens is 247 g/mol. The van der Waals surface area contributed by atoms with Gasteiger partial charge < -0.3 is 9.52 Å². The van der Waals surface area contributed by atoms with Crippen molar-refractivity contribution >= 4 is 11.0 Å². The maximum absolute atomic E-state index is 13.1. The first-order valence-corrected chi connectivity index (χ1v) is 5.79. The third-order valence-corrected chi connectivity index (χ3v) is 2.81. The van der Waals surface area contributed by atoms with Gasteiger partial charge in [-0.05, 0) is 36.8 Å². The van der Waals surface area contributed by atoms with Crippen LogP contribution in [0.4, 0.5) is 4.39 Å². The van der Waals surface area contributed by atoms with Crippen molar-refractivity contribution in [2.75, 3.05) is 0 Å². The fourth-order valence-electron chi connectivity index (χ4n) is 1.84. The average Bonchev–Trinajstić information content (AvgIpc) is 2.81. The maximum atomic E-state index is 13.1. The molecule has 3 aromatic rings. The van der Waals surface area contributed by atoms with Crippen LogP contribution in [0.1, 0.15) is 23.3 Å². The molecular formula is C14H11FN2O2. The number of halogens is 1. The number of benzene rings is 1. The van der Waals surface area contributed by atoms with Gasteiger partial charge in [-0.2, -0.15) is 0 Å². The highest BCUT2D eigenvalue weighted by atomic mass is 19.1. The summed E-state index contributed by atoms with van der Waals surface area (Å²) in [6.45, 7) is 1.86. The molecule has 1 unspecified atom stereocenters. The van der Waals surface area contributed by atoms with Crippen LogP contribution in [0.15, 0.2) is 41.1 Å². The molecule has 2 heterocycles. The first-order valence-electron chi connectivity index (χ1n) is 5.79. The number of fused-ring (bicyclic) bond motifs is 1. The van der Waals surface area contributed by atoms with E-state index in [4.69, 9.17) is 4.42 Å². The van der Waals surface area contributed by atoms with Gasteiger partial charge in [0.2, 0.25) is 0 Å². The lowest BCUT2D eigenvalue weighted by Crippen LogP contribution is -2.03. The second kappa shape index (κ2) is 4.44. The molecule has 0 aliphatic heterocycles. The smallest absolute Gasteiger partial charge is 0.171 e. The van der Waals surface area contributed by atoms with Crippen molar-refractivity contribution in [3.63, 3.8) is 0 Å². The van der Waals surface area contributed by atoms with Crippen molar-refractivity contribution in [2.24, 2.45) is 0 Å². The van der Waals surface area contributed by atoms with Crippen LogP contribution in [0.25, 0.3) is 11.0 Å². The maximum Gasteiger partial charge on any atom is 0.171 e. The van der Waals surface area contributed by atoms with E-state index in [-0.39, 0.29) is 11.6 Å². The van der Waals surface area contributed by atoms with Gasteiger partial charge in [0.1, 0.15) is 17.2 Å². The number of rotatable bonds is 2. The van der Waals surface area contributed by atoms with Gasteiger partial charge in [0, 0.05) is 17.8 Å². The number of aliphatic hydroxyl groups excluding tert-OH is 1. The van der Waals surface area contributed by atoms with Crippen LogP contribution in [-0.2, 0) is 0 Å². The Morgan fingerprint density at radius 1 is 1.21 bits per heavy atom. The van der Waals surface area contributed by atoms with Crippen LogP contribution >= 0.6 is 0 Å². The minimum atomic E-state index is -1.06. The number of hydrogen-bond acceptors (Lipinski definition) is 4. The van der Waals surface area contributed by atoms with E-state index in [1.54, 1.807) is 18.5 Å². The van der Waals surface area contributed by atoms with E-state index < -0.39 is 6.10 Å². The predicted molar refractivity (Wildman–Crippen MR) is 67.0 cm³/mol. The Labute approximate surface area is 108 Å². The Morgan fingerprint density at radius 3 is 2.68 bits per heavy atom. The summed E-state index contributed by atoms with van der Waals surface area (Å²) in [6.07, 6.45) is 2.18. The summed E-state index contributed by atoms with van der Waals surface area (Å²) in [5.41, 5.74) is 1.42. The molecule has 1 atom stereocenters. The summed E-state index contributed by atoms with van der Waals surface area (Å²) < 4.78 is 18.6. The fourth-order valence-corrected chi connectivity index (χ4v) is 1.84. The lowest BCUT2D eigenvalue weighted by molar-refractivity contribution is 0.182. The van der Waals surface area contributed by atoms with Crippen LogP contribution in [0.5, 0.6) is 0 Å². The van der Waals surface area contributed by atoms with Crippen molar-refractivity contribution in [3.8, 4) is 0 Å². The van der Waals surface area contributed by atoms with E-state index in [0.29, 0.717) is 16.7 Å². The molecule has 0 amide bonds. The molecule has 0 saturated heterocycles. The SMILES string of the molecule is Cc1cnc(C(O)c2cc3cc(F)ccc3o2)nc1. The molecule has 5 heteroatoms. The van der Waals surface area contributed by atoms with Crippen LogP contribution in [0.3, 0.4) is 0 Å². The second-order valence-electron chi connectivity index (χ2n) is 4.35. The Morgan fingerprint density at radius 2 is 1.95 bits per heavy atom. The standard InChI is InChI=1S/C14H11FN2O2/c1-8-6-16-14(17-7-8)13(18)12-5-9-4-10(15)2-3-11(9)19-12/h2-7,13,18H,1H3. The van der Waals surface area contributed by atoms with Crippen molar-refractivity contribution in [3.05, 3.63) is 59.6 Å². The Kier molecular flexibility index (Phi) is 2.76. The zero-order valence-electron chi connectivity index (χ0n) is 10.2. The molecule has 1 N–H and O–H groups in total. The van der Waals surface area contributed by atoms with Gasteiger partial charge in [-0.15, -0.1) is 0 Å². The lowest BCUT2D eigenvalue weighted by atomic mass is 10.2. The normalized spacial score (nSPS) is 12.8. The summed E-state index contributed by atoms with van der Waals surface area (Å²) in [5.74, 6) is 0.204. The quantitative estimate of drug-likeness (QED) is 0.767. The van der Waals surface area contributed by atoms with E-state index in [1.807, 2.05) is 6.92 Å². The minimum absolute atomic E-state index is 0.255. The molecule has 19 heavy (non-hydrogen) atoms. The first kappa shape index (κ1) is 11.8. The molecule has 4 nitrogen and oxygen atoms in total. The van der Waals surface area contributed by atoms with Gasteiger partial charge in [-0.3, -0.25) is 0 Å². The third-order valence-electron chi connectivity index (χ3n) is 2.81. The van der Waals surface area contributed by atoms with Gasteiger partial charge in [-0.25, -0.2) is 14.4 Å².